The first kappa shape index (κ1) is 17.0. The van der Waals surface area contributed by atoms with E-state index in [1.54, 1.807) is 0 Å². The summed E-state index contributed by atoms with van der Waals surface area (Å²) in [5.41, 5.74) is 1.19. The molecule has 0 radical (unpaired) electrons. The van der Waals surface area contributed by atoms with Crippen LogP contribution in [0, 0.1) is 5.92 Å². The predicted octanol–water partition coefficient (Wildman–Crippen LogP) is 2.73. The highest BCUT2D eigenvalue weighted by molar-refractivity contribution is 5.85. The topological polar surface area (TPSA) is 33.1 Å². The van der Waals surface area contributed by atoms with E-state index in [0.717, 1.165) is 24.8 Å². The van der Waals surface area contributed by atoms with Gasteiger partial charge in [-0.25, -0.2) is 4.98 Å². The number of halogens is 1. The molecule has 0 unspecified atom stereocenters. The second-order valence-electron chi connectivity index (χ2n) is 5.83. The zero-order valence-corrected chi connectivity index (χ0v) is 13.9. The highest BCUT2D eigenvalue weighted by Crippen LogP contribution is 2.19. The lowest BCUT2D eigenvalue weighted by atomic mass is 9.97. The van der Waals surface area contributed by atoms with Crippen LogP contribution < -0.4 is 5.32 Å². The number of para-hydroxylation sites is 1. The fraction of sp³-hybridized carbons (Fsp3) is 0.471. The first-order chi connectivity index (χ1) is 10.4. The second-order valence-corrected chi connectivity index (χ2v) is 5.83. The van der Waals surface area contributed by atoms with Gasteiger partial charge in [0.05, 0.1) is 6.54 Å². The van der Waals surface area contributed by atoms with Crippen LogP contribution >= 0.6 is 12.4 Å². The minimum Gasteiger partial charge on any atom is -0.319 e. The number of nitrogens with zero attached hydrogens (tertiary/aromatic N) is 3. The van der Waals surface area contributed by atoms with Gasteiger partial charge in [0.2, 0.25) is 0 Å². The lowest BCUT2D eigenvalue weighted by Crippen LogP contribution is -2.36. The number of aromatic nitrogens is 2. The first-order valence-corrected chi connectivity index (χ1v) is 7.81. The molecule has 1 N–H and O–H groups in total. The predicted molar refractivity (Wildman–Crippen MR) is 92.7 cm³/mol. The molecule has 4 nitrogen and oxygen atoms in total. The van der Waals surface area contributed by atoms with E-state index in [4.69, 9.17) is 0 Å². The van der Waals surface area contributed by atoms with Gasteiger partial charge in [-0.05, 0) is 57.6 Å². The quantitative estimate of drug-likeness (QED) is 0.919. The van der Waals surface area contributed by atoms with Gasteiger partial charge in [-0.3, -0.25) is 4.90 Å². The van der Waals surface area contributed by atoms with Crippen molar-refractivity contribution in [1.29, 1.82) is 0 Å². The second kappa shape index (κ2) is 8.32. The first-order valence-electron chi connectivity index (χ1n) is 7.81. The molecule has 0 bridgehead atoms. The Morgan fingerprint density at radius 1 is 1.18 bits per heavy atom. The number of piperidine rings is 1. The van der Waals surface area contributed by atoms with E-state index in [1.165, 1.54) is 31.6 Å². The molecule has 2 aromatic rings. The minimum absolute atomic E-state index is 0. The smallest absolute Gasteiger partial charge is 0.127 e. The van der Waals surface area contributed by atoms with Gasteiger partial charge in [0.25, 0.3) is 0 Å². The van der Waals surface area contributed by atoms with Crippen LogP contribution in [0.25, 0.3) is 5.69 Å². The number of nitrogens with one attached hydrogen (secondary N) is 1. The summed E-state index contributed by atoms with van der Waals surface area (Å²) in [7, 11) is 2.04. The van der Waals surface area contributed by atoms with Crippen molar-refractivity contribution in [3.05, 3.63) is 48.5 Å². The molecule has 1 fully saturated rings. The fourth-order valence-corrected chi connectivity index (χ4v) is 3.11. The van der Waals surface area contributed by atoms with Crippen molar-refractivity contribution in [2.75, 3.05) is 26.7 Å². The normalized spacial score (nSPS) is 16.4. The van der Waals surface area contributed by atoms with Gasteiger partial charge in [-0.15, -0.1) is 12.4 Å². The molecule has 2 heterocycles. The third-order valence-electron chi connectivity index (χ3n) is 4.32. The molecule has 3 rings (SSSR count). The summed E-state index contributed by atoms with van der Waals surface area (Å²) in [5.74, 6) is 1.97. The van der Waals surface area contributed by atoms with E-state index in [-0.39, 0.29) is 12.4 Å². The summed E-state index contributed by atoms with van der Waals surface area (Å²) in [5, 5.41) is 3.29. The Labute approximate surface area is 139 Å². The maximum atomic E-state index is 4.55. The summed E-state index contributed by atoms with van der Waals surface area (Å²) in [6.07, 6.45) is 6.52. The molecule has 0 atom stereocenters. The van der Waals surface area contributed by atoms with E-state index in [2.05, 4.69) is 50.2 Å². The maximum absolute atomic E-state index is 4.55. The molecule has 1 aliphatic heterocycles. The summed E-state index contributed by atoms with van der Waals surface area (Å²) < 4.78 is 2.19. The zero-order valence-electron chi connectivity index (χ0n) is 13.1. The molecule has 1 aromatic carbocycles. The van der Waals surface area contributed by atoms with Gasteiger partial charge >= 0.3 is 0 Å². The van der Waals surface area contributed by atoms with Gasteiger partial charge in [-0.2, -0.15) is 0 Å². The van der Waals surface area contributed by atoms with E-state index in [9.17, 15) is 0 Å². The van der Waals surface area contributed by atoms with Crippen LogP contribution in [-0.2, 0) is 6.54 Å². The monoisotopic (exact) mass is 320 g/mol. The molecule has 1 aromatic heterocycles. The Balaban J connectivity index is 0.00000176. The summed E-state index contributed by atoms with van der Waals surface area (Å²) in [6.45, 7) is 4.43. The minimum atomic E-state index is 0. The van der Waals surface area contributed by atoms with E-state index in [0.29, 0.717) is 0 Å². The third-order valence-corrected chi connectivity index (χ3v) is 4.32. The Hall–Kier alpha value is -1.36. The standard InChI is InChI=1S/C17H24N4.ClH/c1-18-13-15-7-10-20(11-8-15)14-17-19-9-12-21(17)16-5-3-2-4-6-16;/h2-6,9,12,15,18H,7-8,10-11,13-14H2,1H3;1H. The molecular formula is C17H25ClN4. The molecule has 0 amide bonds. The van der Waals surface area contributed by atoms with E-state index >= 15 is 0 Å². The average Bonchev–Trinajstić information content (AvgIpc) is 2.98. The number of likely N-dealkylation sites (tertiary alicyclic amines) is 1. The van der Waals surface area contributed by atoms with Crippen molar-refractivity contribution in [2.24, 2.45) is 5.92 Å². The van der Waals surface area contributed by atoms with Gasteiger partial charge in [-0.1, -0.05) is 18.2 Å². The Morgan fingerprint density at radius 3 is 2.59 bits per heavy atom. The largest absolute Gasteiger partial charge is 0.319 e. The SMILES string of the molecule is CNCC1CCN(Cc2nccn2-c2ccccc2)CC1.Cl. The van der Waals surface area contributed by atoms with Crippen LogP contribution in [0.4, 0.5) is 0 Å². The lowest BCUT2D eigenvalue weighted by molar-refractivity contribution is 0.172. The number of benzene rings is 1. The van der Waals surface area contributed by atoms with Crippen LogP contribution in [0.2, 0.25) is 0 Å². The number of imidazole rings is 1. The Morgan fingerprint density at radius 2 is 1.91 bits per heavy atom. The number of hydrogen-bond acceptors (Lipinski definition) is 3. The third kappa shape index (κ3) is 4.09. The van der Waals surface area contributed by atoms with Crippen molar-refractivity contribution >= 4 is 12.4 Å². The summed E-state index contributed by atoms with van der Waals surface area (Å²) in [4.78, 5) is 7.07. The highest BCUT2D eigenvalue weighted by atomic mass is 35.5. The van der Waals surface area contributed by atoms with Crippen LogP contribution in [0.15, 0.2) is 42.7 Å². The van der Waals surface area contributed by atoms with Crippen molar-refractivity contribution in [2.45, 2.75) is 19.4 Å². The highest BCUT2D eigenvalue weighted by Gasteiger charge is 2.20. The molecule has 22 heavy (non-hydrogen) atoms. The Bertz CT molecular complexity index is 547. The Kier molecular flexibility index (Phi) is 6.43. The van der Waals surface area contributed by atoms with Crippen LogP contribution in [0.3, 0.4) is 0 Å². The van der Waals surface area contributed by atoms with Crippen molar-refractivity contribution < 1.29 is 0 Å². The molecule has 0 saturated carbocycles. The van der Waals surface area contributed by atoms with Crippen LogP contribution in [0.1, 0.15) is 18.7 Å². The van der Waals surface area contributed by atoms with E-state index < -0.39 is 0 Å². The average molecular weight is 321 g/mol. The number of rotatable bonds is 5. The summed E-state index contributed by atoms with van der Waals surface area (Å²) in [6, 6.07) is 10.5. The van der Waals surface area contributed by atoms with E-state index in [1.807, 2.05) is 19.3 Å². The fourth-order valence-electron chi connectivity index (χ4n) is 3.11. The van der Waals surface area contributed by atoms with Crippen molar-refractivity contribution in [3.8, 4) is 5.69 Å². The van der Waals surface area contributed by atoms with Gasteiger partial charge < -0.3 is 9.88 Å². The molecular weight excluding hydrogens is 296 g/mol. The maximum Gasteiger partial charge on any atom is 0.127 e. The summed E-state index contributed by atoms with van der Waals surface area (Å²) >= 11 is 0. The zero-order chi connectivity index (χ0) is 14.5. The molecule has 0 spiro atoms. The van der Waals surface area contributed by atoms with Gasteiger partial charge in [0.15, 0.2) is 0 Å². The number of hydrogen-bond donors (Lipinski definition) is 1. The molecule has 0 aliphatic carbocycles. The molecule has 1 saturated heterocycles. The molecule has 5 heteroatoms. The van der Waals surface area contributed by atoms with Crippen molar-refractivity contribution in [1.82, 2.24) is 19.8 Å². The lowest BCUT2D eigenvalue weighted by Gasteiger charge is -2.31. The van der Waals surface area contributed by atoms with Gasteiger partial charge in [0, 0.05) is 18.1 Å². The van der Waals surface area contributed by atoms with Crippen molar-refractivity contribution in [3.63, 3.8) is 0 Å². The van der Waals surface area contributed by atoms with Gasteiger partial charge in [0.1, 0.15) is 5.82 Å². The van der Waals surface area contributed by atoms with Crippen LogP contribution in [0.5, 0.6) is 0 Å². The van der Waals surface area contributed by atoms with Crippen LogP contribution in [-0.4, -0.2) is 41.1 Å². The molecule has 120 valence electrons. The molecule has 1 aliphatic rings.